The molecular weight excluding hydrogens is 355 g/mol. The molecule has 0 aliphatic carbocycles. The maximum absolute atomic E-state index is 11.9. The van der Waals surface area contributed by atoms with Crippen molar-refractivity contribution in [2.45, 2.75) is 4.82 Å². The van der Waals surface area contributed by atoms with Crippen LogP contribution in [0.5, 0.6) is 0 Å². The Kier molecular flexibility index (Phi) is 6.27. The quantitative estimate of drug-likeness (QED) is 0.628. The Balaban J connectivity index is 1.89. The van der Waals surface area contributed by atoms with Crippen molar-refractivity contribution in [1.29, 1.82) is 0 Å². The molecule has 2 rings (SSSR count). The molecule has 1 unspecified atom stereocenters. The fraction of sp³-hybridized carbons (Fsp3) is 0.188. The molecule has 110 valence electrons. The Morgan fingerprint density at radius 1 is 1.19 bits per heavy atom. The van der Waals surface area contributed by atoms with Gasteiger partial charge in [0.1, 0.15) is 0 Å². The Bertz CT molecular complexity index is 589. The normalized spacial score (nSPS) is 11.9. The summed E-state index contributed by atoms with van der Waals surface area (Å²) in [6.07, 6.45) is 0. The first kappa shape index (κ1) is 16.1. The third kappa shape index (κ3) is 5.18. The van der Waals surface area contributed by atoms with E-state index in [1.807, 2.05) is 30.3 Å². The van der Waals surface area contributed by atoms with E-state index in [9.17, 15) is 9.90 Å². The molecule has 0 fully saturated rings. The van der Waals surface area contributed by atoms with E-state index in [-0.39, 0.29) is 33.0 Å². The van der Waals surface area contributed by atoms with Crippen LogP contribution in [0.3, 0.4) is 0 Å². The van der Waals surface area contributed by atoms with Crippen molar-refractivity contribution in [2.75, 3.05) is 13.2 Å². The topological polar surface area (TPSA) is 46.5 Å². The van der Waals surface area contributed by atoms with Crippen molar-refractivity contribution < 1.29 is 14.6 Å². The van der Waals surface area contributed by atoms with E-state index in [0.717, 1.165) is 0 Å². The average molecular weight is 370 g/mol. The van der Waals surface area contributed by atoms with Crippen LogP contribution < -0.4 is 4.46 Å². The van der Waals surface area contributed by atoms with Gasteiger partial charge in [0, 0.05) is 0 Å². The molecule has 0 saturated heterocycles. The molecule has 0 aliphatic heterocycles. The van der Waals surface area contributed by atoms with Crippen molar-refractivity contribution in [2.24, 2.45) is 0 Å². The third-order valence-electron chi connectivity index (χ3n) is 2.71. The third-order valence-corrected chi connectivity index (χ3v) is 5.39. The first-order valence-electron chi connectivity index (χ1n) is 6.44. The summed E-state index contributed by atoms with van der Waals surface area (Å²) < 4.78 is 6.44. The Morgan fingerprint density at radius 3 is 2.62 bits per heavy atom. The summed E-state index contributed by atoms with van der Waals surface area (Å²) in [5.41, 5.74) is 0.423. The van der Waals surface area contributed by atoms with Crippen molar-refractivity contribution in [3.63, 3.8) is 0 Å². The number of esters is 1. The van der Waals surface area contributed by atoms with Gasteiger partial charge >= 0.3 is 135 Å². The van der Waals surface area contributed by atoms with Gasteiger partial charge in [-0.15, -0.1) is 0 Å². The Hall–Kier alpha value is -1.32. The molecule has 3 nitrogen and oxygen atoms in total. The SMILES string of the molecule is O=C(OCC(CO)[Se]c1ccccc1)c1cccc(Cl)c1. The molecule has 5 heteroatoms. The fourth-order valence-corrected chi connectivity index (χ4v) is 3.78. The van der Waals surface area contributed by atoms with Crippen LogP contribution in [0.2, 0.25) is 9.84 Å². The van der Waals surface area contributed by atoms with Gasteiger partial charge in [0.15, 0.2) is 0 Å². The monoisotopic (exact) mass is 370 g/mol. The van der Waals surface area contributed by atoms with Gasteiger partial charge in [-0.3, -0.25) is 0 Å². The molecule has 0 bridgehead atoms. The van der Waals surface area contributed by atoms with Gasteiger partial charge < -0.3 is 0 Å². The molecule has 2 aromatic carbocycles. The maximum atomic E-state index is 11.9. The molecular formula is C16H15ClO3Se. The molecule has 0 amide bonds. The molecule has 0 heterocycles. The minimum atomic E-state index is -0.417. The van der Waals surface area contributed by atoms with Crippen LogP contribution in [0.15, 0.2) is 54.6 Å². The summed E-state index contributed by atoms with van der Waals surface area (Å²) in [7, 11) is 0. The van der Waals surface area contributed by atoms with Crippen LogP contribution in [-0.2, 0) is 4.74 Å². The predicted molar refractivity (Wildman–Crippen MR) is 84.4 cm³/mol. The van der Waals surface area contributed by atoms with Gasteiger partial charge in [-0.2, -0.15) is 0 Å². The minimum absolute atomic E-state index is 0.00226. The van der Waals surface area contributed by atoms with Crippen molar-refractivity contribution in [3.8, 4) is 0 Å². The van der Waals surface area contributed by atoms with E-state index in [0.29, 0.717) is 10.6 Å². The summed E-state index contributed by atoms with van der Waals surface area (Å²) in [5.74, 6) is -0.417. The van der Waals surface area contributed by atoms with Gasteiger partial charge in [-0.1, -0.05) is 0 Å². The number of ether oxygens (including phenoxy) is 1. The number of carbonyl (C=O) groups is 1. The second-order valence-electron chi connectivity index (χ2n) is 4.34. The first-order valence-corrected chi connectivity index (χ1v) is 8.66. The summed E-state index contributed by atoms with van der Waals surface area (Å²) in [5, 5.41) is 9.92. The number of aliphatic hydroxyl groups is 1. The number of aliphatic hydroxyl groups excluding tert-OH is 1. The summed E-state index contributed by atoms with van der Waals surface area (Å²) in [4.78, 5) is 11.9. The second kappa shape index (κ2) is 8.20. The van der Waals surface area contributed by atoms with Crippen molar-refractivity contribution >= 4 is 37.0 Å². The van der Waals surface area contributed by atoms with Gasteiger partial charge in [0.05, 0.1) is 0 Å². The average Bonchev–Trinajstić information content (AvgIpc) is 2.52. The van der Waals surface area contributed by atoms with E-state index < -0.39 is 5.97 Å². The zero-order chi connectivity index (χ0) is 15.1. The van der Waals surface area contributed by atoms with Crippen LogP contribution in [0.4, 0.5) is 0 Å². The molecule has 1 atom stereocenters. The van der Waals surface area contributed by atoms with E-state index >= 15 is 0 Å². The van der Waals surface area contributed by atoms with Crippen molar-refractivity contribution in [1.82, 2.24) is 0 Å². The van der Waals surface area contributed by atoms with Crippen LogP contribution in [0.1, 0.15) is 10.4 Å². The predicted octanol–water partition coefficient (Wildman–Crippen LogP) is 2.31. The number of benzene rings is 2. The Morgan fingerprint density at radius 2 is 1.95 bits per heavy atom. The number of rotatable bonds is 6. The number of carbonyl (C=O) groups excluding carboxylic acids is 1. The van der Waals surface area contributed by atoms with Gasteiger partial charge in [0.2, 0.25) is 0 Å². The molecule has 0 spiro atoms. The van der Waals surface area contributed by atoms with Crippen molar-refractivity contribution in [3.05, 3.63) is 65.2 Å². The van der Waals surface area contributed by atoms with Crippen LogP contribution in [0, 0.1) is 0 Å². The zero-order valence-corrected chi connectivity index (χ0v) is 13.7. The first-order chi connectivity index (χ1) is 10.2. The zero-order valence-electron chi connectivity index (χ0n) is 11.2. The number of hydrogen-bond acceptors (Lipinski definition) is 3. The van der Waals surface area contributed by atoms with Crippen LogP contribution in [-0.4, -0.2) is 39.2 Å². The Labute approximate surface area is 135 Å². The number of halogens is 1. The van der Waals surface area contributed by atoms with Crippen LogP contribution in [0.25, 0.3) is 0 Å². The molecule has 0 aromatic heterocycles. The van der Waals surface area contributed by atoms with Gasteiger partial charge in [-0.25, -0.2) is 0 Å². The van der Waals surface area contributed by atoms with E-state index in [4.69, 9.17) is 16.3 Å². The summed E-state index contributed by atoms with van der Waals surface area (Å²) in [6.45, 7) is 0.203. The molecule has 0 saturated carbocycles. The summed E-state index contributed by atoms with van der Waals surface area (Å²) >= 11 is 5.90. The molecule has 21 heavy (non-hydrogen) atoms. The molecule has 0 aliphatic rings. The standard InChI is InChI=1S/C16H15ClO3Se/c17-13-6-4-5-12(9-13)16(19)20-11-15(10-18)21-14-7-2-1-3-8-14/h1-9,15,18H,10-11H2. The molecule has 0 radical (unpaired) electrons. The van der Waals surface area contributed by atoms with E-state index in [1.165, 1.54) is 4.46 Å². The fourth-order valence-electron chi connectivity index (χ4n) is 1.68. The van der Waals surface area contributed by atoms with Gasteiger partial charge in [-0.05, 0) is 0 Å². The van der Waals surface area contributed by atoms with Crippen LogP contribution >= 0.6 is 11.6 Å². The summed E-state index contributed by atoms with van der Waals surface area (Å²) in [6, 6.07) is 16.5. The van der Waals surface area contributed by atoms with Gasteiger partial charge in [0.25, 0.3) is 0 Å². The molecule has 2 aromatic rings. The second-order valence-corrected chi connectivity index (χ2v) is 7.66. The molecule has 1 N–H and O–H groups in total. The number of hydrogen-bond donors (Lipinski definition) is 1. The van der Waals surface area contributed by atoms with E-state index in [1.54, 1.807) is 24.3 Å². The van der Waals surface area contributed by atoms with E-state index in [2.05, 4.69) is 0 Å².